The number of anilines is 2. The average Bonchev–Trinajstić information content (AvgIpc) is 3.64. The topological polar surface area (TPSA) is 133 Å². The molecular formula is C31H28N6O4. The van der Waals surface area contributed by atoms with Crippen molar-refractivity contribution in [3.8, 4) is 11.3 Å². The summed E-state index contributed by atoms with van der Waals surface area (Å²) in [6.45, 7) is 1.48. The zero-order valence-corrected chi connectivity index (χ0v) is 22.2. The fourth-order valence-electron chi connectivity index (χ4n) is 5.28. The number of nitro groups is 1. The number of H-pyrrole nitrogens is 1. The molecule has 1 saturated heterocycles. The second-order valence-electron chi connectivity index (χ2n) is 10.1. The zero-order valence-electron chi connectivity index (χ0n) is 22.2. The molecule has 10 nitrogen and oxygen atoms in total. The van der Waals surface area contributed by atoms with Gasteiger partial charge in [-0.25, -0.2) is 4.98 Å². The molecule has 0 unspecified atom stereocenters. The average molecular weight is 549 g/mol. The van der Waals surface area contributed by atoms with Crippen LogP contribution in [0.3, 0.4) is 0 Å². The number of fused-ring (bicyclic) bond motifs is 1. The molecule has 1 fully saturated rings. The number of amides is 2. The molecule has 0 saturated carbocycles. The summed E-state index contributed by atoms with van der Waals surface area (Å²) in [4.78, 5) is 45.7. The Hall–Kier alpha value is -5.25. The van der Waals surface area contributed by atoms with E-state index in [0.29, 0.717) is 35.5 Å². The van der Waals surface area contributed by atoms with Crippen molar-refractivity contribution in [1.29, 1.82) is 0 Å². The lowest BCUT2D eigenvalue weighted by molar-refractivity contribution is -0.384. The van der Waals surface area contributed by atoms with Crippen LogP contribution in [0.1, 0.15) is 36.0 Å². The van der Waals surface area contributed by atoms with Gasteiger partial charge < -0.3 is 20.5 Å². The quantitative estimate of drug-likeness (QED) is 0.152. The van der Waals surface area contributed by atoms with Gasteiger partial charge in [0.25, 0.3) is 11.6 Å². The number of hydrogen-bond donors (Lipinski definition) is 3. The van der Waals surface area contributed by atoms with E-state index >= 15 is 0 Å². The molecule has 2 aliphatic rings. The number of rotatable bonds is 8. The highest BCUT2D eigenvalue weighted by Crippen LogP contribution is 2.39. The van der Waals surface area contributed by atoms with Crippen LogP contribution in [-0.4, -0.2) is 44.7 Å². The number of aromatic nitrogens is 2. The van der Waals surface area contributed by atoms with Gasteiger partial charge in [0.05, 0.1) is 28.2 Å². The standard InChI is InChI=1S/C31H28N6O4/c38-28-3-1-2-15-36(28)16-14-20-4-6-22(7-5-20)30(34-23-10-8-21(9-11-23)27-18-32-19-33-27)29-25-17-24(37(40)41)12-13-26(25)35-31(29)39/h4-13,17-19,34H,1-3,14-16H2,(H,32,33)(H,35,39)/b30-29-. The normalized spacial score (nSPS) is 15.9. The van der Waals surface area contributed by atoms with E-state index in [1.165, 1.54) is 12.1 Å². The predicted octanol–water partition coefficient (Wildman–Crippen LogP) is 5.47. The molecule has 10 heteroatoms. The molecular weight excluding hydrogens is 520 g/mol. The zero-order chi connectivity index (χ0) is 28.3. The summed E-state index contributed by atoms with van der Waals surface area (Å²) in [6.07, 6.45) is 6.78. The highest BCUT2D eigenvalue weighted by Gasteiger charge is 2.30. The van der Waals surface area contributed by atoms with Crippen molar-refractivity contribution in [3.05, 3.63) is 106 Å². The molecule has 0 atom stereocenters. The number of aromatic amines is 1. The van der Waals surface area contributed by atoms with Gasteiger partial charge in [0.15, 0.2) is 0 Å². The number of non-ortho nitro benzene ring substituents is 1. The second kappa shape index (κ2) is 11.1. The van der Waals surface area contributed by atoms with E-state index in [-0.39, 0.29) is 17.5 Å². The minimum absolute atomic E-state index is 0.0944. The monoisotopic (exact) mass is 548 g/mol. The van der Waals surface area contributed by atoms with Gasteiger partial charge in [-0.3, -0.25) is 19.7 Å². The summed E-state index contributed by atoms with van der Waals surface area (Å²) in [5.41, 5.74) is 6.07. The molecule has 2 aliphatic heterocycles. The third kappa shape index (κ3) is 5.44. The van der Waals surface area contributed by atoms with Crippen LogP contribution in [0.2, 0.25) is 0 Å². The number of imidazole rings is 1. The largest absolute Gasteiger partial charge is 0.354 e. The highest BCUT2D eigenvalue weighted by atomic mass is 16.6. The Morgan fingerprint density at radius 2 is 1.83 bits per heavy atom. The van der Waals surface area contributed by atoms with Crippen molar-refractivity contribution in [1.82, 2.24) is 14.9 Å². The molecule has 2 amide bonds. The van der Waals surface area contributed by atoms with Crippen molar-refractivity contribution in [2.75, 3.05) is 23.7 Å². The maximum absolute atomic E-state index is 13.3. The summed E-state index contributed by atoms with van der Waals surface area (Å²) in [7, 11) is 0. The van der Waals surface area contributed by atoms with Crippen LogP contribution >= 0.6 is 0 Å². The maximum Gasteiger partial charge on any atom is 0.270 e. The Kier molecular flexibility index (Phi) is 7.03. The van der Waals surface area contributed by atoms with Crippen LogP contribution in [0, 0.1) is 10.1 Å². The summed E-state index contributed by atoms with van der Waals surface area (Å²) in [5, 5.41) is 17.8. The summed E-state index contributed by atoms with van der Waals surface area (Å²) < 4.78 is 0. The molecule has 3 N–H and O–H groups in total. The third-order valence-corrected chi connectivity index (χ3v) is 7.49. The number of nitrogens with zero attached hydrogens (tertiary/aromatic N) is 3. The fraction of sp³-hybridized carbons (Fsp3) is 0.194. The van der Waals surface area contributed by atoms with E-state index in [2.05, 4.69) is 20.6 Å². The van der Waals surface area contributed by atoms with E-state index in [1.807, 2.05) is 59.6 Å². The van der Waals surface area contributed by atoms with Crippen LogP contribution in [0.4, 0.5) is 17.1 Å². The third-order valence-electron chi connectivity index (χ3n) is 7.49. The molecule has 3 heterocycles. The molecule has 0 aliphatic carbocycles. The number of nitrogens with one attached hydrogen (secondary N) is 3. The van der Waals surface area contributed by atoms with Gasteiger partial charge in [0.1, 0.15) is 0 Å². The Bertz CT molecular complexity index is 1640. The van der Waals surface area contributed by atoms with Crippen LogP contribution in [0.15, 0.2) is 79.3 Å². The van der Waals surface area contributed by atoms with Gasteiger partial charge in [0, 0.05) is 60.3 Å². The van der Waals surface area contributed by atoms with Crippen molar-refractivity contribution in [3.63, 3.8) is 0 Å². The first-order valence-corrected chi connectivity index (χ1v) is 13.5. The van der Waals surface area contributed by atoms with Gasteiger partial charge in [-0.1, -0.05) is 36.4 Å². The first kappa shape index (κ1) is 26.0. The molecule has 6 rings (SSSR count). The van der Waals surface area contributed by atoms with Gasteiger partial charge >= 0.3 is 0 Å². The van der Waals surface area contributed by atoms with Crippen molar-refractivity contribution >= 4 is 40.1 Å². The number of likely N-dealkylation sites (tertiary alicyclic amines) is 1. The number of carbonyl (C=O) groups excluding carboxylic acids is 2. The van der Waals surface area contributed by atoms with E-state index < -0.39 is 4.92 Å². The molecule has 0 spiro atoms. The summed E-state index contributed by atoms with van der Waals surface area (Å²) in [6, 6.07) is 19.9. The van der Waals surface area contributed by atoms with Gasteiger partial charge in [-0.2, -0.15) is 0 Å². The molecule has 3 aromatic carbocycles. The maximum atomic E-state index is 13.3. The van der Waals surface area contributed by atoms with Crippen LogP contribution in [0.5, 0.6) is 0 Å². The summed E-state index contributed by atoms with van der Waals surface area (Å²) in [5.74, 6) is -0.133. The SMILES string of the molecule is O=C1Nc2ccc([N+](=O)[O-])cc2/C1=C(/Nc1ccc(-c2c[nH]cn2)cc1)c1ccc(CCN2CCCCC2=O)cc1. The second-order valence-corrected chi connectivity index (χ2v) is 10.1. The molecule has 0 radical (unpaired) electrons. The lowest BCUT2D eigenvalue weighted by Crippen LogP contribution is -2.36. The predicted molar refractivity (Wildman–Crippen MR) is 157 cm³/mol. The smallest absolute Gasteiger partial charge is 0.270 e. The Labute approximate surface area is 236 Å². The lowest BCUT2D eigenvalue weighted by atomic mass is 9.98. The first-order chi connectivity index (χ1) is 20.0. The Morgan fingerprint density at radius 3 is 2.54 bits per heavy atom. The first-order valence-electron chi connectivity index (χ1n) is 13.5. The van der Waals surface area contributed by atoms with Gasteiger partial charge in [0.2, 0.25) is 5.91 Å². The van der Waals surface area contributed by atoms with E-state index in [0.717, 1.165) is 53.9 Å². The molecule has 1 aromatic heterocycles. The number of hydrogen-bond acceptors (Lipinski definition) is 6. The van der Waals surface area contributed by atoms with Crippen LogP contribution in [0.25, 0.3) is 22.5 Å². The number of piperidine rings is 1. The summed E-state index contributed by atoms with van der Waals surface area (Å²) >= 11 is 0. The lowest BCUT2D eigenvalue weighted by Gasteiger charge is -2.26. The molecule has 0 bridgehead atoms. The highest BCUT2D eigenvalue weighted by molar-refractivity contribution is 6.37. The molecule has 41 heavy (non-hydrogen) atoms. The van der Waals surface area contributed by atoms with Gasteiger partial charge in [-0.05, 0) is 48.6 Å². The van der Waals surface area contributed by atoms with E-state index in [1.54, 1.807) is 12.4 Å². The number of nitro benzene ring substituents is 1. The fourth-order valence-corrected chi connectivity index (χ4v) is 5.28. The van der Waals surface area contributed by atoms with Gasteiger partial charge in [-0.15, -0.1) is 0 Å². The van der Waals surface area contributed by atoms with Crippen molar-refractivity contribution in [2.24, 2.45) is 0 Å². The molecule has 4 aromatic rings. The van der Waals surface area contributed by atoms with Crippen LogP contribution in [-0.2, 0) is 16.0 Å². The van der Waals surface area contributed by atoms with E-state index in [4.69, 9.17) is 0 Å². The van der Waals surface area contributed by atoms with Crippen molar-refractivity contribution in [2.45, 2.75) is 25.7 Å². The Balaban J connectivity index is 1.34. The van der Waals surface area contributed by atoms with Crippen molar-refractivity contribution < 1.29 is 14.5 Å². The number of benzene rings is 3. The van der Waals surface area contributed by atoms with E-state index in [9.17, 15) is 19.7 Å². The minimum Gasteiger partial charge on any atom is -0.354 e. The molecule has 206 valence electrons. The number of carbonyl (C=O) groups is 2. The van der Waals surface area contributed by atoms with Crippen LogP contribution < -0.4 is 10.6 Å². The minimum atomic E-state index is -0.469. The Morgan fingerprint density at radius 1 is 1.02 bits per heavy atom.